The summed E-state index contributed by atoms with van der Waals surface area (Å²) in [5.41, 5.74) is 2.24. The Morgan fingerprint density at radius 3 is 2.29 bits per heavy atom. The van der Waals surface area contributed by atoms with Crippen molar-refractivity contribution in [2.75, 3.05) is 31.0 Å². The fraction of sp³-hybridized carbons (Fsp3) is 0.132. The highest BCUT2D eigenvalue weighted by molar-refractivity contribution is 8.00. The van der Waals surface area contributed by atoms with Gasteiger partial charge in [0.25, 0.3) is 11.8 Å². The van der Waals surface area contributed by atoms with Crippen LogP contribution in [0.1, 0.15) is 23.0 Å². The Labute approximate surface area is 287 Å². The van der Waals surface area contributed by atoms with Crippen molar-refractivity contribution in [3.63, 3.8) is 0 Å². The van der Waals surface area contributed by atoms with Crippen LogP contribution in [-0.2, 0) is 9.59 Å². The second-order valence-electron chi connectivity index (χ2n) is 10.9. The molecule has 0 bridgehead atoms. The second-order valence-corrected chi connectivity index (χ2v) is 12.3. The van der Waals surface area contributed by atoms with Gasteiger partial charge in [-0.25, -0.2) is 0 Å². The standard InChI is InChI=1S/C38H33N3O7S/c1-24(36(42)40-27-14-18-34-35(22-27)47-21-20-46-34)49-29-16-12-26(13-17-29)39-38(44)31(41-37(43)25-8-4-3-5-9-25)23-28-15-19-33(48-28)30-10-6-7-11-32(30)45-2/h3-19,22-24H,20-21H2,1-2H3,(H,39,44)(H,40,42)(H,41,43)/b31-23-/t24-/m1/s1. The van der Waals surface area contributed by atoms with Crippen LogP contribution >= 0.6 is 11.8 Å². The van der Waals surface area contributed by atoms with Crippen molar-refractivity contribution in [1.82, 2.24) is 5.32 Å². The summed E-state index contributed by atoms with van der Waals surface area (Å²) in [6, 6.07) is 31.9. The first-order valence-corrected chi connectivity index (χ1v) is 16.3. The first-order chi connectivity index (χ1) is 23.9. The lowest BCUT2D eigenvalue weighted by atomic mass is 10.1. The van der Waals surface area contributed by atoms with E-state index in [1.54, 1.807) is 79.9 Å². The molecular formula is C38H33N3O7S. The molecule has 0 saturated carbocycles. The van der Waals surface area contributed by atoms with Crippen LogP contribution in [0.25, 0.3) is 17.4 Å². The quantitative estimate of drug-likeness (QED) is 0.0987. The zero-order chi connectivity index (χ0) is 34.2. The van der Waals surface area contributed by atoms with E-state index >= 15 is 0 Å². The van der Waals surface area contributed by atoms with E-state index in [0.717, 1.165) is 10.5 Å². The van der Waals surface area contributed by atoms with Gasteiger partial charge in [-0.1, -0.05) is 30.3 Å². The predicted molar refractivity (Wildman–Crippen MR) is 189 cm³/mol. The summed E-state index contributed by atoms with van der Waals surface area (Å²) in [7, 11) is 1.58. The van der Waals surface area contributed by atoms with Crippen molar-refractivity contribution in [1.29, 1.82) is 0 Å². The van der Waals surface area contributed by atoms with Gasteiger partial charge in [0.2, 0.25) is 5.91 Å². The third kappa shape index (κ3) is 8.32. The minimum atomic E-state index is -0.549. The zero-order valence-corrected chi connectivity index (χ0v) is 27.5. The van der Waals surface area contributed by atoms with E-state index in [0.29, 0.717) is 58.9 Å². The zero-order valence-electron chi connectivity index (χ0n) is 26.7. The van der Waals surface area contributed by atoms with E-state index in [2.05, 4.69) is 16.0 Å². The van der Waals surface area contributed by atoms with Crippen LogP contribution in [0.5, 0.6) is 17.2 Å². The molecule has 0 unspecified atom stereocenters. The number of fused-ring (bicyclic) bond motifs is 1. The predicted octanol–water partition coefficient (Wildman–Crippen LogP) is 7.26. The van der Waals surface area contributed by atoms with Gasteiger partial charge in [0.1, 0.15) is 36.2 Å². The van der Waals surface area contributed by atoms with Gasteiger partial charge < -0.3 is 34.6 Å². The number of anilines is 2. The summed E-state index contributed by atoms with van der Waals surface area (Å²) in [5, 5.41) is 8.07. The van der Waals surface area contributed by atoms with Crippen molar-refractivity contribution in [2.45, 2.75) is 17.1 Å². The van der Waals surface area contributed by atoms with Gasteiger partial charge in [0.05, 0.1) is 17.9 Å². The molecule has 3 amide bonds. The lowest BCUT2D eigenvalue weighted by Crippen LogP contribution is -2.30. The van der Waals surface area contributed by atoms with E-state index < -0.39 is 17.1 Å². The minimum absolute atomic E-state index is 0.0161. The summed E-state index contributed by atoms with van der Waals surface area (Å²) in [4.78, 5) is 40.4. The molecule has 6 rings (SSSR count). The Bertz CT molecular complexity index is 1990. The van der Waals surface area contributed by atoms with Crippen LogP contribution < -0.4 is 30.2 Å². The molecule has 2 heterocycles. The third-order valence-corrected chi connectivity index (χ3v) is 8.53. The van der Waals surface area contributed by atoms with Crippen LogP contribution in [0.3, 0.4) is 0 Å². The number of amides is 3. The van der Waals surface area contributed by atoms with E-state index in [1.807, 2.05) is 43.3 Å². The molecule has 0 aliphatic carbocycles. The monoisotopic (exact) mass is 675 g/mol. The average Bonchev–Trinajstić information content (AvgIpc) is 3.60. The maximum atomic E-state index is 13.5. The van der Waals surface area contributed by atoms with Crippen LogP contribution in [-0.4, -0.2) is 43.3 Å². The molecule has 0 fully saturated rings. The summed E-state index contributed by atoms with van der Waals surface area (Å²) >= 11 is 1.37. The van der Waals surface area contributed by atoms with E-state index in [9.17, 15) is 14.4 Å². The number of methoxy groups -OCH3 is 1. The van der Waals surface area contributed by atoms with Crippen molar-refractivity contribution in [3.05, 3.63) is 126 Å². The number of nitrogens with one attached hydrogen (secondary N) is 3. The smallest absolute Gasteiger partial charge is 0.272 e. The molecule has 4 aromatic carbocycles. The number of para-hydroxylation sites is 1. The van der Waals surface area contributed by atoms with Crippen molar-refractivity contribution in [3.8, 4) is 28.6 Å². The summed E-state index contributed by atoms with van der Waals surface area (Å²) < 4.78 is 22.6. The fourth-order valence-electron chi connectivity index (χ4n) is 4.95. The highest BCUT2D eigenvalue weighted by atomic mass is 32.2. The number of benzene rings is 4. The normalized spacial score (nSPS) is 12.8. The highest BCUT2D eigenvalue weighted by Crippen LogP contribution is 2.34. The Morgan fingerprint density at radius 1 is 0.796 bits per heavy atom. The Morgan fingerprint density at radius 2 is 1.51 bits per heavy atom. The van der Waals surface area contributed by atoms with Gasteiger partial charge in [-0.3, -0.25) is 14.4 Å². The SMILES string of the molecule is COc1ccccc1-c1ccc(/C=C(\NC(=O)c2ccccc2)C(=O)Nc2ccc(S[C@H](C)C(=O)Nc3ccc4c(c3)OCCO4)cc2)o1. The Hall–Kier alpha value is -5.94. The Balaban J connectivity index is 1.13. The number of hydrogen-bond acceptors (Lipinski definition) is 8. The summed E-state index contributed by atoms with van der Waals surface area (Å²) in [6.45, 7) is 2.77. The maximum absolute atomic E-state index is 13.5. The number of rotatable bonds is 11. The van der Waals surface area contributed by atoms with Crippen molar-refractivity contribution < 1.29 is 33.0 Å². The first kappa shape index (κ1) is 33.0. The third-order valence-electron chi connectivity index (χ3n) is 7.42. The number of carbonyl (C=O) groups is 3. The molecule has 1 aliphatic heterocycles. The van der Waals surface area contributed by atoms with E-state index in [4.69, 9.17) is 18.6 Å². The molecule has 3 N–H and O–H groups in total. The van der Waals surface area contributed by atoms with Crippen LogP contribution in [0.4, 0.5) is 11.4 Å². The number of thioether (sulfide) groups is 1. The number of furan rings is 1. The molecule has 10 nitrogen and oxygen atoms in total. The molecule has 248 valence electrons. The lowest BCUT2D eigenvalue weighted by Gasteiger charge is -2.19. The van der Waals surface area contributed by atoms with Crippen LogP contribution in [0.2, 0.25) is 0 Å². The van der Waals surface area contributed by atoms with Crippen LogP contribution in [0.15, 0.2) is 124 Å². The molecule has 0 spiro atoms. The average molecular weight is 676 g/mol. The molecule has 1 atom stereocenters. The Kier molecular flexibility index (Phi) is 10.3. The number of hydrogen-bond donors (Lipinski definition) is 3. The van der Waals surface area contributed by atoms with Gasteiger partial charge in [-0.2, -0.15) is 0 Å². The van der Waals surface area contributed by atoms with Gasteiger partial charge in [-0.15, -0.1) is 11.8 Å². The van der Waals surface area contributed by atoms with Crippen molar-refractivity contribution >= 4 is 46.9 Å². The molecule has 1 aliphatic rings. The summed E-state index contributed by atoms with van der Waals surface area (Å²) in [5.74, 6) is 1.62. The molecule has 5 aromatic rings. The molecule has 0 saturated heterocycles. The highest BCUT2D eigenvalue weighted by Gasteiger charge is 2.19. The molecule has 49 heavy (non-hydrogen) atoms. The molecule has 1 aromatic heterocycles. The number of carbonyl (C=O) groups excluding carboxylic acids is 3. The number of ether oxygens (including phenoxy) is 3. The van der Waals surface area contributed by atoms with Crippen LogP contribution in [0, 0.1) is 0 Å². The minimum Gasteiger partial charge on any atom is -0.496 e. The second kappa shape index (κ2) is 15.3. The topological polar surface area (TPSA) is 128 Å². The largest absolute Gasteiger partial charge is 0.496 e. The molecule has 11 heteroatoms. The lowest BCUT2D eigenvalue weighted by molar-refractivity contribution is -0.115. The van der Waals surface area contributed by atoms with Gasteiger partial charge in [-0.05, 0) is 79.7 Å². The van der Waals surface area contributed by atoms with Crippen molar-refractivity contribution in [2.24, 2.45) is 0 Å². The van der Waals surface area contributed by atoms with Gasteiger partial charge >= 0.3 is 0 Å². The molecular weight excluding hydrogens is 642 g/mol. The van der Waals surface area contributed by atoms with E-state index in [1.165, 1.54) is 17.8 Å². The van der Waals surface area contributed by atoms with Gasteiger partial charge in [0.15, 0.2) is 11.5 Å². The summed E-state index contributed by atoms with van der Waals surface area (Å²) in [6.07, 6.45) is 1.47. The van der Waals surface area contributed by atoms with Gasteiger partial charge in [0, 0.05) is 34.0 Å². The molecule has 0 radical (unpaired) electrons. The first-order valence-electron chi connectivity index (χ1n) is 15.5. The maximum Gasteiger partial charge on any atom is 0.272 e. The fourth-order valence-corrected chi connectivity index (χ4v) is 5.81. The van der Waals surface area contributed by atoms with E-state index in [-0.39, 0.29) is 11.6 Å².